The van der Waals surface area contributed by atoms with Gasteiger partial charge < -0.3 is 8.85 Å². The molecule has 4 heteroatoms. The molecule has 0 atom stereocenters. The second-order valence-electron chi connectivity index (χ2n) is 2.29. The van der Waals surface area contributed by atoms with Crippen LogP contribution in [0.25, 0.3) is 0 Å². The van der Waals surface area contributed by atoms with Crippen molar-refractivity contribution in [1.29, 1.82) is 0 Å². The van der Waals surface area contributed by atoms with Crippen LogP contribution in [0.5, 0.6) is 0 Å². The molecule has 0 amide bonds. The van der Waals surface area contributed by atoms with Crippen LogP contribution in [-0.4, -0.2) is 33.7 Å². The minimum atomic E-state index is -1.70. The van der Waals surface area contributed by atoms with Crippen LogP contribution in [0, 0.1) is 0 Å². The molecule has 0 aromatic heterocycles. The van der Waals surface area contributed by atoms with Crippen molar-refractivity contribution in [1.82, 2.24) is 0 Å². The lowest BCUT2D eigenvalue weighted by molar-refractivity contribution is 0.249. The lowest BCUT2D eigenvalue weighted by Crippen LogP contribution is -2.35. The highest BCUT2D eigenvalue weighted by atomic mass is 28.4. The molecule has 10 heavy (non-hydrogen) atoms. The van der Waals surface area contributed by atoms with Crippen molar-refractivity contribution < 1.29 is 8.85 Å². The van der Waals surface area contributed by atoms with E-state index in [0.717, 1.165) is 12.5 Å². The Balaban J connectivity index is 0. The zero-order valence-electron chi connectivity index (χ0n) is 6.73. The van der Waals surface area contributed by atoms with E-state index < -0.39 is 8.56 Å². The van der Waals surface area contributed by atoms with Crippen LogP contribution in [0.1, 0.15) is 13.3 Å². The molecule has 0 aliphatic heterocycles. The second-order valence-corrected chi connectivity index (χ2v) is 5.88. The van der Waals surface area contributed by atoms with E-state index in [9.17, 15) is 0 Å². The van der Waals surface area contributed by atoms with Crippen LogP contribution in [0.15, 0.2) is 0 Å². The molecule has 0 N–H and O–H groups in total. The van der Waals surface area contributed by atoms with Crippen molar-refractivity contribution in [3.05, 3.63) is 0 Å². The largest absolute Gasteiger partial charge is 0.398 e. The van der Waals surface area contributed by atoms with Crippen LogP contribution >= 0.6 is 0 Å². The Bertz CT molecular complexity index is 74.1. The van der Waals surface area contributed by atoms with E-state index in [2.05, 4.69) is 13.5 Å². The molecular formula is C6H20O2Si2. The smallest absolute Gasteiger partial charge is 0.334 e. The Hall–Kier alpha value is 0.354. The summed E-state index contributed by atoms with van der Waals surface area (Å²) in [5.41, 5.74) is 0. The zero-order valence-corrected chi connectivity index (χ0v) is 7.73. The van der Waals surface area contributed by atoms with Gasteiger partial charge >= 0.3 is 8.56 Å². The van der Waals surface area contributed by atoms with Crippen molar-refractivity contribution in [3.63, 3.8) is 0 Å². The third-order valence-electron chi connectivity index (χ3n) is 1.57. The lowest BCUT2D eigenvalue weighted by atomic mass is 10.6. The summed E-state index contributed by atoms with van der Waals surface area (Å²) in [6, 6.07) is 1.08. The van der Waals surface area contributed by atoms with E-state index in [1.165, 1.54) is 0 Å². The van der Waals surface area contributed by atoms with Gasteiger partial charge in [0.25, 0.3) is 0 Å². The van der Waals surface area contributed by atoms with Crippen molar-refractivity contribution in [3.8, 4) is 0 Å². The normalized spacial score (nSPS) is 10.8. The minimum absolute atomic E-state index is 0. The highest BCUT2D eigenvalue weighted by Crippen LogP contribution is 2.12. The summed E-state index contributed by atoms with van der Waals surface area (Å²) in [4.78, 5) is 0. The molecule has 0 saturated heterocycles. The van der Waals surface area contributed by atoms with Gasteiger partial charge in [-0.15, -0.1) is 0 Å². The average molecular weight is 180 g/mol. The summed E-state index contributed by atoms with van der Waals surface area (Å²) in [6.45, 7) is 4.22. The summed E-state index contributed by atoms with van der Waals surface area (Å²) in [5.74, 6) is 0. The summed E-state index contributed by atoms with van der Waals surface area (Å²) >= 11 is 0. The molecule has 2 nitrogen and oxygen atoms in total. The molecule has 0 aromatic carbocycles. The quantitative estimate of drug-likeness (QED) is 0.580. The van der Waals surface area contributed by atoms with Crippen LogP contribution in [0.2, 0.25) is 12.6 Å². The van der Waals surface area contributed by atoms with Crippen LogP contribution in [-0.2, 0) is 8.85 Å². The Morgan fingerprint density at radius 1 is 1.20 bits per heavy atom. The number of rotatable bonds is 4. The molecule has 0 saturated carbocycles. The molecule has 0 radical (unpaired) electrons. The van der Waals surface area contributed by atoms with Gasteiger partial charge in [0.1, 0.15) is 0 Å². The van der Waals surface area contributed by atoms with Gasteiger partial charge in [0.15, 0.2) is 0 Å². The van der Waals surface area contributed by atoms with Gasteiger partial charge in [0, 0.05) is 14.2 Å². The van der Waals surface area contributed by atoms with Gasteiger partial charge in [-0.3, -0.25) is 0 Å². The Morgan fingerprint density at radius 2 is 1.60 bits per heavy atom. The maximum atomic E-state index is 5.24. The molecule has 0 heterocycles. The Kier molecular flexibility index (Phi) is 7.90. The molecule has 0 aliphatic carbocycles. The number of hydrogen-bond donors (Lipinski definition) is 0. The molecule has 0 spiro atoms. The van der Waals surface area contributed by atoms with E-state index in [1.807, 2.05) is 0 Å². The monoisotopic (exact) mass is 180 g/mol. The van der Waals surface area contributed by atoms with Crippen molar-refractivity contribution in [2.24, 2.45) is 0 Å². The zero-order chi connectivity index (χ0) is 7.33. The predicted molar refractivity (Wildman–Crippen MR) is 52.1 cm³/mol. The maximum Gasteiger partial charge on any atom is 0.334 e. The SMILES string of the molecule is CCC[Si](C)(OC)OC.[SiH4]. The first-order valence-corrected chi connectivity index (χ1v) is 5.81. The first-order valence-electron chi connectivity index (χ1n) is 3.29. The van der Waals surface area contributed by atoms with E-state index in [0.29, 0.717) is 0 Å². The molecule has 0 fully saturated rings. The Labute approximate surface area is 69.2 Å². The fourth-order valence-corrected chi connectivity index (χ4v) is 2.22. The van der Waals surface area contributed by atoms with Crippen LogP contribution in [0.3, 0.4) is 0 Å². The van der Waals surface area contributed by atoms with Crippen LogP contribution < -0.4 is 0 Å². The van der Waals surface area contributed by atoms with Crippen molar-refractivity contribution in [2.45, 2.75) is 25.9 Å². The lowest BCUT2D eigenvalue weighted by Gasteiger charge is -2.21. The van der Waals surface area contributed by atoms with E-state index in [1.54, 1.807) is 14.2 Å². The van der Waals surface area contributed by atoms with Crippen molar-refractivity contribution >= 4 is 19.5 Å². The minimum Gasteiger partial charge on any atom is -0.398 e. The van der Waals surface area contributed by atoms with E-state index in [4.69, 9.17) is 8.85 Å². The molecule has 64 valence electrons. The first kappa shape index (κ1) is 13.0. The fourth-order valence-electron chi connectivity index (χ4n) is 0.742. The van der Waals surface area contributed by atoms with Crippen LogP contribution in [0.4, 0.5) is 0 Å². The van der Waals surface area contributed by atoms with Gasteiger partial charge in [-0.2, -0.15) is 0 Å². The summed E-state index contributed by atoms with van der Waals surface area (Å²) in [7, 11) is 1.76. The van der Waals surface area contributed by atoms with Gasteiger partial charge in [-0.05, 0) is 23.6 Å². The molecule has 0 bridgehead atoms. The number of hydrogen-bond acceptors (Lipinski definition) is 2. The highest BCUT2D eigenvalue weighted by Gasteiger charge is 2.26. The molecule has 0 aromatic rings. The van der Waals surface area contributed by atoms with E-state index >= 15 is 0 Å². The first-order chi connectivity index (χ1) is 4.18. The third-order valence-corrected chi connectivity index (χ3v) is 4.70. The summed E-state index contributed by atoms with van der Waals surface area (Å²) in [6.07, 6.45) is 1.14. The highest BCUT2D eigenvalue weighted by molar-refractivity contribution is 6.65. The molecule has 0 aliphatic rings. The Morgan fingerprint density at radius 3 is 1.70 bits per heavy atom. The van der Waals surface area contributed by atoms with Crippen molar-refractivity contribution in [2.75, 3.05) is 14.2 Å². The summed E-state index contributed by atoms with van der Waals surface area (Å²) in [5, 5.41) is 0. The summed E-state index contributed by atoms with van der Waals surface area (Å²) < 4.78 is 10.5. The van der Waals surface area contributed by atoms with Gasteiger partial charge in [-0.1, -0.05) is 13.3 Å². The van der Waals surface area contributed by atoms with Gasteiger partial charge in [-0.25, -0.2) is 0 Å². The topological polar surface area (TPSA) is 18.5 Å². The fraction of sp³-hybridized carbons (Fsp3) is 1.00. The molecule has 0 unspecified atom stereocenters. The second kappa shape index (κ2) is 6.09. The average Bonchev–Trinajstić information content (AvgIpc) is 1.89. The molecule has 0 rings (SSSR count). The predicted octanol–water partition coefficient (Wildman–Crippen LogP) is 0.310. The van der Waals surface area contributed by atoms with Gasteiger partial charge in [0.2, 0.25) is 0 Å². The maximum absolute atomic E-state index is 5.24. The third kappa shape index (κ3) is 4.21. The van der Waals surface area contributed by atoms with Gasteiger partial charge in [0.05, 0.1) is 0 Å². The molecular weight excluding hydrogens is 160 g/mol. The van der Waals surface area contributed by atoms with E-state index in [-0.39, 0.29) is 11.0 Å². The standard InChI is InChI=1S/C6H16O2Si.H4Si/c1-5-6-9(4,7-2)8-3;/h5-6H2,1-4H3;1H4.